The van der Waals surface area contributed by atoms with Crippen LogP contribution in [0.25, 0.3) is 0 Å². The van der Waals surface area contributed by atoms with Gasteiger partial charge in [0.25, 0.3) is 11.8 Å². The summed E-state index contributed by atoms with van der Waals surface area (Å²) in [7, 11) is 0. The van der Waals surface area contributed by atoms with Crippen LogP contribution in [0, 0.1) is 0 Å². The maximum Gasteiger partial charge on any atom is 0.317 e. The fourth-order valence-electron chi connectivity index (χ4n) is 2.60. The number of hydrazine groups is 1. The van der Waals surface area contributed by atoms with Gasteiger partial charge in [-0.2, -0.15) is 0 Å². The summed E-state index contributed by atoms with van der Waals surface area (Å²) in [5.74, 6) is -1.54. The fraction of sp³-hybridized carbons (Fsp3) is 0.211. The number of hydrogen-bond acceptors (Lipinski definition) is 4. The third-order valence-electron chi connectivity index (χ3n) is 4.22. The molecule has 2 aromatic rings. The number of amides is 2. The van der Waals surface area contributed by atoms with Crippen molar-refractivity contribution in [1.82, 2.24) is 10.9 Å². The molecular formula is C19H17ClN2O4. The van der Waals surface area contributed by atoms with E-state index >= 15 is 0 Å². The first-order valence-electron chi connectivity index (χ1n) is 8.09. The van der Waals surface area contributed by atoms with Gasteiger partial charge in [-0.1, -0.05) is 41.9 Å². The summed E-state index contributed by atoms with van der Waals surface area (Å²) < 4.78 is 5.12. The first-order valence-corrected chi connectivity index (χ1v) is 8.46. The molecule has 0 aromatic heterocycles. The van der Waals surface area contributed by atoms with E-state index in [1.807, 2.05) is 30.3 Å². The molecule has 3 rings (SSSR count). The van der Waals surface area contributed by atoms with Crippen molar-refractivity contribution in [2.75, 3.05) is 6.61 Å². The van der Waals surface area contributed by atoms with Gasteiger partial charge in [0.05, 0.1) is 5.41 Å². The number of nitrogens with one attached hydrogen (secondary N) is 2. The van der Waals surface area contributed by atoms with E-state index in [0.717, 1.165) is 5.56 Å². The number of hydrogen-bond donors (Lipinski definition) is 2. The molecule has 1 aliphatic carbocycles. The first kappa shape index (κ1) is 17.9. The highest BCUT2D eigenvalue weighted by Gasteiger charge is 2.52. The molecule has 7 heteroatoms. The summed E-state index contributed by atoms with van der Waals surface area (Å²) in [5.41, 5.74) is 5.05. The molecule has 1 aliphatic rings. The molecule has 0 unspecified atom stereocenters. The molecule has 0 bridgehead atoms. The summed E-state index contributed by atoms with van der Waals surface area (Å²) in [6.45, 7) is -0.464. The molecule has 0 radical (unpaired) electrons. The third kappa shape index (κ3) is 4.03. The van der Waals surface area contributed by atoms with Gasteiger partial charge in [-0.3, -0.25) is 25.2 Å². The van der Waals surface area contributed by atoms with E-state index < -0.39 is 29.8 Å². The summed E-state index contributed by atoms with van der Waals surface area (Å²) in [5, 5.41) is 0.505. The maximum atomic E-state index is 12.3. The monoisotopic (exact) mass is 372 g/mol. The molecule has 134 valence electrons. The molecular weight excluding hydrogens is 356 g/mol. The summed E-state index contributed by atoms with van der Waals surface area (Å²) in [4.78, 5) is 36.0. The molecule has 2 N–H and O–H groups in total. The van der Waals surface area contributed by atoms with Crippen LogP contribution in [-0.2, 0) is 19.7 Å². The van der Waals surface area contributed by atoms with Gasteiger partial charge < -0.3 is 4.74 Å². The van der Waals surface area contributed by atoms with E-state index in [4.69, 9.17) is 16.3 Å². The lowest BCUT2D eigenvalue weighted by Crippen LogP contribution is -2.44. The molecule has 2 amide bonds. The number of esters is 1. The van der Waals surface area contributed by atoms with Crippen LogP contribution in [0.5, 0.6) is 0 Å². The molecule has 0 saturated heterocycles. The van der Waals surface area contributed by atoms with Gasteiger partial charge in [0.2, 0.25) is 0 Å². The average molecular weight is 373 g/mol. The Balaban J connectivity index is 1.46. The second-order valence-electron chi connectivity index (χ2n) is 6.03. The molecule has 6 nitrogen and oxygen atoms in total. The van der Waals surface area contributed by atoms with E-state index in [1.165, 1.54) is 12.1 Å². The molecule has 1 fully saturated rings. The normalized spacial score (nSPS) is 14.2. The van der Waals surface area contributed by atoms with Crippen LogP contribution in [0.2, 0.25) is 5.02 Å². The highest BCUT2D eigenvalue weighted by Crippen LogP contribution is 2.49. The Morgan fingerprint density at radius 2 is 1.62 bits per heavy atom. The van der Waals surface area contributed by atoms with E-state index in [1.54, 1.807) is 12.1 Å². The maximum absolute atomic E-state index is 12.3. The van der Waals surface area contributed by atoms with Gasteiger partial charge in [0, 0.05) is 10.6 Å². The number of carbonyl (C=O) groups excluding carboxylic acids is 3. The van der Waals surface area contributed by atoms with E-state index in [0.29, 0.717) is 23.4 Å². The highest BCUT2D eigenvalue weighted by atomic mass is 35.5. The zero-order chi connectivity index (χ0) is 18.6. The van der Waals surface area contributed by atoms with Gasteiger partial charge in [0.15, 0.2) is 6.61 Å². The molecule has 1 saturated carbocycles. The van der Waals surface area contributed by atoms with Gasteiger partial charge in [-0.15, -0.1) is 0 Å². The van der Waals surface area contributed by atoms with Crippen molar-refractivity contribution in [2.24, 2.45) is 0 Å². The minimum absolute atomic E-state index is 0.340. The zero-order valence-corrected chi connectivity index (χ0v) is 14.6. The van der Waals surface area contributed by atoms with Gasteiger partial charge in [-0.05, 0) is 42.7 Å². The lowest BCUT2D eigenvalue weighted by atomic mass is 9.96. The number of benzene rings is 2. The van der Waals surface area contributed by atoms with Gasteiger partial charge in [-0.25, -0.2) is 0 Å². The quantitative estimate of drug-likeness (QED) is 0.623. The van der Waals surface area contributed by atoms with Crippen LogP contribution < -0.4 is 10.9 Å². The zero-order valence-electron chi connectivity index (χ0n) is 13.8. The Morgan fingerprint density at radius 3 is 2.23 bits per heavy atom. The van der Waals surface area contributed by atoms with Crippen molar-refractivity contribution in [3.63, 3.8) is 0 Å². The Labute approximate surface area is 155 Å². The lowest BCUT2D eigenvalue weighted by molar-refractivity contribution is -0.151. The third-order valence-corrected chi connectivity index (χ3v) is 4.48. The van der Waals surface area contributed by atoms with Gasteiger partial charge in [0.1, 0.15) is 0 Å². The minimum atomic E-state index is -0.645. The second-order valence-corrected chi connectivity index (χ2v) is 6.47. The smallest absolute Gasteiger partial charge is 0.317 e. The molecule has 2 aromatic carbocycles. The molecule has 0 atom stereocenters. The topological polar surface area (TPSA) is 84.5 Å². The van der Waals surface area contributed by atoms with Crippen molar-refractivity contribution in [3.05, 3.63) is 70.7 Å². The van der Waals surface area contributed by atoms with E-state index in [9.17, 15) is 14.4 Å². The number of halogens is 1. The number of carbonyl (C=O) groups is 3. The molecule has 26 heavy (non-hydrogen) atoms. The Hall–Kier alpha value is -2.86. The molecule has 0 aliphatic heterocycles. The van der Waals surface area contributed by atoms with Gasteiger partial charge >= 0.3 is 5.97 Å². The van der Waals surface area contributed by atoms with Crippen LogP contribution in [0.4, 0.5) is 0 Å². The Bertz CT molecular complexity index is 817. The van der Waals surface area contributed by atoms with Crippen molar-refractivity contribution < 1.29 is 19.1 Å². The van der Waals surface area contributed by atoms with Crippen molar-refractivity contribution in [3.8, 4) is 0 Å². The minimum Gasteiger partial charge on any atom is -0.455 e. The highest BCUT2D eigenvalue weighted by molar-refractivity contribution is 6.30. The largest absolute Gasteiger partial charge is 0.455 e. The second kappa shape index (κ2) is 7.58. The summed E-state index contributed by atoms with van der Waals surface area (Å²) in [6, 6.07) is 15.5. The summed E-state index contributed by atoms with van der Waals surface area (Å²) in [6.07, 6.45) is 1.40. The van der Waals surface area contributed by atoms with Crippen LogP contribution in [0.15, 0.2) is 54.6 Å². The lowest BCUT2D eigenvalue weighted by Gasteiger charge is -2.14. The van der Waals surface area contributed by atoms with Crippen molar-refractivity contribution in [2.45, 2.75) is 18.3 Å². The predicted octanol–water partition coefficient (Wildman–Crippen LogP) is 2.38. The number of rotatable bonds is 5. The van der Waals surface area contributed by atoms with Crippen molar-refractivity contribution >= 4 is 29.4 Å². The SMILES string of the molecule is O=C(COC(=O)C1(c2ccccc2)CC1)NNC(=O)c1ccc(Cl)cc1. The summed E-state index contributed by atoms with van der Waals surface area (Å²) >= 11 is 5.75. The van der Waals surface area contributed by atoms with E-state index in [-0.39, 0.29) is 0 Å². The Morgan fingerprint density at radius 1 is 0.962 bits per heavy atom. The molecule has 0 spiro atoms. The average Bonchev–Trinajstić information content (AvgIpc) is 3.47. The first-order chi connectivity index (χ1) is 12.5. The van der Waals surface area contributed by atoms with Crippen molar-refractivity contribution in [1.29, 1.82) is 0 Å². The predicted molar refractivity (Wildman–Crippen MR) is 95.4 cm³/mol. The van der Waals surface area contributed by atoms with Crippen LogP contribution in [0.1, 0.15) is 28.8 Å². The number of ether oxygens (including phenoxy) is 1. The standard InChI is InChI=1S/C19H17ClN2O4/c20-15-8-6-13(7-9-15)17(24)22-21-16(23)12-26-18(25)19(10-11-19)14-4-2-1-3-5-14/h1-9H,10-12H2,(H,21,23)(H,22,24). The van der Waals surface area contributed by atoms with Crippen LogP contribution >= 0.6 is 11.6 Å². The van der Waals surface area contributed by atoms with Crippen LogP contribution in [-0.4, -0.2) is 24.4 Å². The molecule has 0 heterocycles. The Kier molecular flexibility index (Phi) is 5.23. The van der Waals surface area contributed by atoms with Crippen LogP contribution in [0.3, 0.4) is 0 Å². The fourth-order valence-corrected chi connectivity index (χ4v) is 2.72. The van der Waals surface area contributed by atoms with E-state index in [2.05, 4.69) is 10.9 Å².